The Hall–Kier alpha value is -3.04. The highest BCUT2D eigenvalue weighted by Gasteiger charge is 2.34. The third kappa shape index (κ3) is 3.54. The van der Waals surface area contributed by atoms with Gasteiger partial charge in [-0.05, 0) is 13.8 Å². The first-order valence-electron chi connectivity index (χ1n) is 9.23. The Morgan fingerprint density at radius 3 is 2.59 bits per heavy atom. The van der Waals surface area contributed by atoms with Crippen LogP contribution in [0.15, 0.2) is 12.1 Å². The van der Waals surface area contributed by atoms with Crippen molar-refractivity contribution in [2.24, 2.45) is 0 Å². The molecule has 1 aliphatic heterocycles. The van der Waals surface area contributed by atoms with Gasteiger partial charge in [0.2, 0.25) is 11.9 Å². The molecule has 2 heterocycles. The molecule has 1 aromatic carbocycles. The lowest BCUT2D eigenvalue weighted by Gasteiger charge is -2.37. The van der Waals surface area contributed by atoms with E-state index < -0.39 is 17.5 Å². The van der Waals surface area contributed by atoms with E-state index in [9.17, 15) is 18.0 Å². The molecule has 7 nitrogen and oxygen atoms in total. The molecule has 4 rings (SSSR count). The van der Waals surface area contributed by atoms with Crippen molar-refractivity contribution in [3.63, 3.8) is 0 Å². The smallest absolute Gasteiger partial charge is 0.246 e. The van der Waals surface area contributed by atoms with Crippen molar-refractivity contribution in [2.45, 2.75) is 44.9 Å². The summed E-state index contributed by atoms with van der Waals surface area (Å²) in [6.45, 7) is 3.57. The Bertz CT molecular complexity index is 981. The highest BCUT2D eigenvalue weighted by atomic mass is 19.2. The summed E-state index contributed by atoms with van der Waals surface area (Å²) in [6, 6.07) is 0.829. The fourth-order valence-corrected chi connectivity index (χ4v) is 3.35. The van der Waals surface area contributed by atoms with Crippen LogP contribution in [0.5, 0.6) is 5.75 Å². The zero-order valence-corrected chi connectivity index (χ0v) is 16.1. The molecule has 1 saturated carbocycles. The summed E-state index contributed by atoms with van der Waals surface area (Å²) < 4.78 is 45.4. The molecule has 0 radical (unpaired) electrons. The highest BCUT2D eigenvalue weighted by molar-refractivity contribution is 6.03. The van der Waals surface area contributed by atoms with Gasteiger partial charge in [0.15, 0.2) is 29.0 Å². The van der Waals surface area contributed by atoms with Crippen LogP contribution < -0.4 is 20.3 Å². The van der Waals surface area contributed by atoms with Crippen molar-refractivity contribution >= 4 is 23.4 Å². The van der Waals surface area contributed by atoms with Gasteiger partial charge in [-0.3, -0.25) is 4.79 Å². The average Bonchev–Trinajstić information content (AvgIpc) is 2.63. The van der Waals surface area contributed by atoms with Crippen LogP contribution in [-0.2, 0) is 4.79 Å². The molecule has 10 heteroatoms. The zero-order chi connectivity index (χ0) is 20.9. The second-order valence-corrected chi connectivity index (χ2v) is 7.36. The quantitative estimate of drug-likeness (QED) is 0.759. The molecule has 0 unspecified atom stereocenters. The largest absolute Gasteiger partial charge is 0.487 e. The van der Waals surface area contributed by atoms with Crippen molar-refractivity contribution in [1.29, 1.82) is 0 Å². The molecule has 29 heavy (non-hydrogen) atoms. The van der Waals surface area contributed by atoms with Crippen LogP contribution in [0.3, 0.4) is 0 Å². The van der Waals surface area contributed by atoms with Crippen LogP contribution >= 0.6 is 0 Å². The Kier molecular flexibility index (Phi) is 4.71. The van der Waals surface area contributed by atoms with E-state index in [2.05, 4.69) is 20.6 Å². The van der Waals surface area contributed by atoms with E-state index in [1.54, 1.807) is 25.8 Å². The molecule has 0 spiro atoms. The molecule has 0 bridgehead atoms. The normalized spacial score (nSPS) is 23.2. The lowest BCUT2D eigenvalue weighted by molar-refractivity contribution is -0.117. The highest BCUT2D eigenvalue weighted by Crippen LogP contribution is 2.34. The van der Waals surface area contributed by atoms with Crippen LogP contribution in [0, 0.1) is 24.4 Å². The minimum atomic E-state index is -1.25. The predicted octanol–water partition coefficient (Wildman–Crippen LogP) is 3.00. The predicted molar refractivity (Wildman–Crippen MR) is 101 cm³/mol. The van der Waals surface area contributed by atoms with Crippen LogP contribution in [0.1, 0.15) is 25.5 Å². The summed E-state index contributed by atoms with van der Waals surface area (Å²) in [7, 11) is 1.79. The standard InChI is InChI=1S/C19H20F3N5O2/c1-8-16-17(27(3)9(2)18(28)25-16)26-19(23-8)24-10-4-11(5-10)29-15-7-13(21)12(20)6-14(15)22/h6-7,9-11H,4-5H2,1-3H3,(H,25,28)(H,23,24,26)/t9-,10?,11?/m0/s1. The van der Waals surface area contributed by atoms with Crippen molar-refractivity contribution in [2.75, 3.05) is 22.6 Å². The number of ether oxygens (including phenoxy) is 1. The number of nitrogens with zero attached hydrogens (tertiary/aromatic N) is 3. The second-order valence-electron chi connectivity index (χ2n) is 7.36. The number of anilines is 3. The van der Waals surface area contributed by atoms with Gasteiger partial charge in [0.05, 0.1) is 5.69 Å². The number of carbonyl (C=O) groups is 1. The minimum absolute atomic E-state index is 0.00767. The van der Waals surface area contributed by atoms with Crippen molar-refractivity contribution in [1.82, 2.24) is 9.97 Å². The summed E-state index contributed by atoms with van der Waals surface area (Å²) in [6.07, 6.45) is 0.731. The van der Waals surface area contributed by atoms with Crippen LogP contribution in [0.2, 0.25) is 0 Å². The third-order valence-corrected chi connectivity index (χ3v) is 5.31. The zero-order valence-electron chi connectivity index (χ0n) is 16.1. The summed E-state index contributed by atoms with van der Waals surface area (Å²) in [5, 5.41) is 6.02. The molecule has 1 atom stereocenters. The monoisotopic (exact) mass is 407 g/mol. The molecule has 1 aliphatic carbocycles. The number of aromatic nitrogens is 2. The van der Waals surface area contributed by atoms with Gasteiger partial charge in [0.1, 0.15) is 17.8 Å². The van der Waals surface area contributed by atoms with Crippen LogP contribution in [0.25, 0.3) is 0 Å². The van der Waals surface area contributed by atoms with Gasteiger partial charge in [-0.2, -0.15) is 4.98 Å². The van der Waals surface area contributed by atoms with Gasteiger partial charge in [0, 0.05) is 38.1 Å². The molecule has 1 amide bonds. The fraction of sp³-hybridized carbons (Fsp3) is 0.421. The molecule has 2 N–H and O–H groups in total. The number of likely N-dealkylation sites (N-methyl/N-ethyl adjacent to an activating group) is 1. The van der Waals surface area contributed by atoms with E-state index in [0.29, 0.717) is 48.1 Å². The van der Waals surface area contributed by atoms with E-state index in [0.717, 1.165) is 0 Å². The number of aryl methyl sites for hydroxylation is 1. The maximum Gasteiger partial charge on any atom is 0.246 e. The minimum Gasteiger partial charge on any atom is -0.487 e. The molecular formula is C19H20F3N5O2. The third-order valence-electron chi connectivity index (χ3n) is 5.31. The fourth-order valence-electron chi connectivity index (χ4n) is 3.35. The van der Waals surface area contributed by atoms with Crippen LogP contribution in [0.4, 0.5) is 30.6 Å². The van der Waals surface area contributed by atoms with Crippen LogP contribution in [-0.4, -0.2) is 41.1 Å². The van der Waals surface area contributed by atoms with E-state index in [1.165, 1.54) is 0 Å². The van der Waals surface area contributed by atoms with Crippen molar-refractivity contribution < 1.29 is 22.7 Å². The average molecular weight is 407 g/mol. The molecule has 1 aromatic heterocycles. The number of carbonyl (C=O) groups excluding carboxylic acids is 1. The van der Waals surface area contributed by atoms with Gasteiger partial charge in [-0.25, -0.2) is 18.2 Å². The first-order chi connectivity index (χ1) is 13.7. The van der Waals surface area contributed by atoms with Gasteiger partial charge >= 0.3 is 0 Å². The SMILES string of the molecule is Cc1nc(NC2CC(Oc3cc(F)c(F)cc3F)C2)nc2c1NC(=O)[C@H](C)N2C. The summed E-state index contributed by atoms with van der Waals surface area (Å²) >= 11 is 0. The van der Waals surface area contributed by atoms with E-state index in [4.69, 9.17) is 4.74 Å². The lowest BCUT2D eigenvalue weighted by Crippen LogP contribution is -2.45. The maximum atomic E-state index is 13.7. The number of benzene rings is 1. The lowest BCUT2D eigenvalue weighted by atomic mass is 9.89. The van der Waals surface area contributed by atoms with Crippen molar-refractivity contribution in [3.05, 3.63) is 35.3 Å². The Morgan fingerprint density at radius 2 is 1.86 bits per heavy atom. The van der Waals surface area contributed by atoms with Crippen molar-refractivity contribution in [3.8, 4) is 5.75 Å². The summed E-state index contributed by atoms with van der Waals surface area (Å²) in [5.74, 6) is -2.72. The van der Waals surface area contributed by atoms with Gasteiger partial charge in [0.25, 0.3) is 0 Å². The Labute approximate surface area is 165 Å². The second kappa shape index (κ2) is 7.09. The number of fused-ring (bicyclic) bond motifs is 1. The number of nitrogens with one attached hydrogen (secondary N) is 2. The summed E-state index contributed by atoms with van der Waals surface area (Å²) in [4.78, 5) is 22.7. The molecule has 154 valence electrons. The van der Waals surface area contributed by atoms with Gasteiger partial charge in [-0.1, -0.05) is 0 Å². The first-order valence-corrected chi connectivity index (χ1v) is 9.23. The van der Waals surface area contributed by atoms with Gasteiger partial charge < -0.3 is 20.3 Å². The summed E-state index contributed by atoms with van der Waals surface area (Å²) in [5.41, 5.74) is 1.23. The molecular weight excluding hydrogens is 387 g/mol. The molecule has 1 fully saturated rings. The van der Waals surface area contributed by atoms with E-state index >= 15 is 0 Å². The first kappa shape index (κ1) is 19.3. The van der Waals surface area contributed by atoms with Gasteiger partial charge in [-0.15, -0.1) is 0 Å². The number of rotatable bonds is 4. The van der Waals surface area contributed by atoms with E-state index in [1.807, 2.05) is 0 Å². The molecule has 0 saturated heterocycles. The number of hydrogen-bond acceptors (Lipinski definition) is 6. The Balaban J connectivity index is 1.40. The topological polar surface area (TPSA) is 79.4 Å². The van der Waals surface area contributed by atoms with E-state index in [-0.39, 0.29) is 29.8 Å². The molecule has 2 aromatic rings. The number of halogens is 3. The maximum absolute atomic E-state index is 13.7. The number of hydrogen-bond donors (Lipinski definition) is 2. The number of amides is 1. The molecule has 2 aliphatic rings. The Morgan fingerprint density at radius 1 is 1.17 bits per heavy atom.